The van der Waals surface area contributed by atoms with E-state index in [1.807, 2.05) is 33.3 Å². The van der Waals surface area contributed by atoms with E-state index < -0.39 is 26.6 Å². The van der Waals surface area contributed by atoms with E-state index in [1.54, 1.807) is 0 Å². The maximum Gasteiger partial charge on any atom is 0.306 e. The number of ether oxygens (including phenoxy) is 1. The minimum absolute atomic E-state index is 0.0266. The Morgan fingerprint density at radius 1 is 0.554 bits per heavy atom. The molecule has 1 amide bonds. The SMILES string of the molecule is CC/C=C/C/C=C/CCCCCCCCCC(=O)OC(/C=C/CCCCCCCCCCC)C(COP(=O)([O-])OCC[N+](C)(C)C)NC(=O)CCCCC/C=C\CCCCCCCCC. The number of amides is 1. The first kappa shape index (κ1) is 63.0. The van der Waals surface area contributed by atoms with Gasteiger partial charge in [-0.05, 0) is 83.1 Å². The second-order valence-electron chi connectivity index (χ2n) is 19.3. The van der Waals surface area contributed by atoms with Crippen LogP contribution >= 0.6 is 7.82 Å². The van der Waals surface area contributed by atoms with Gasteiger partial charge in [-0.25, -0.2) is 0 Å². The molecule has 0 aromatic rings. The smallest absolute Gasteiger partial charge is 0.306 e. The van der Waals surface area contributed by atoms with Gasteiger partial charge in [0, 0.05) is 12.8 Å². The van der Waals surface area contributed by atoms with Crippen LogP contribution in [0.4, 0.5) is 0 Å². The summed E-state index contributed by atoms with van der Waals surface area (Å²) in [6.45, 7) is 6.70. The maximum absolute atomic E-state index is 13.4. The molecule has 3 atom stereocenters. The molecule has 380 valence electrons. The number of allylic oxidation sites excluding steroid dienone is 7. The van der Waals surface area contributed by atoms with Gasteiger partial charge >= 0.3 is 5.97 Å². The van der Waals surface area contributed by atoms with Gasteiger partial charge in [0.25, 0.3) is 7.82 Å². The summed E-state index contributed by atoms with van der Waals surface area (Å²) in [5.41, 5.74) is 0. The molecular weight excluding hydrogens is 832 g/mol. The zero-order chi connectivity index (χ0) is 48.0. The van der Waals surface area contributed by atoms with Crippen molar-refractivity contribution in [1.29, 1.82) is 0 Å². The van der Waals surface area contributed by atoms with Crippen molar-refractivity contribution in [2.75, 3.05) is 40.9 Å². The molecule has 0 radical (unpaired) electrons. The molecule has 0 aliphatic heterocycles. The van der Waals surface area contributed by atoms with E-state index in [-0.39, 0.29) is 24.9 Å². The molecule has 1 N–H and O–H groups in total. The minimum Gasteiger partial charge on any atom is -0.756 e. The fourth-order valence-electron chi connectivity index (χ4n) is 7.55. The highest BCUT2D eigenvalue weighted by atomic mass is 31.2. The molecule has 0 aliphatic rings. The predicted molar refractivity (Wildman–Crippen MR) is 275 cm³/mol. The summed E-state index contributed by atoms with van der Waals surface area (Å²) >= 11 is 0. The van der Waals surface area contributed by atoms with Gasteiger partial charge < -0.3 is 28.5 Å². The van der Waals surface area contributed by atoms with E-state index in [4.69, 9.17) is 13.8 Å². The summed E-state index contributed by atoms with van der Waals surface area (Å²) in [7, 11) is 1.17. The summed E-state index contributed by atoms with van der Waals surface area (Å²) in [5, 5.41) is 3.00. The number of unbranched alkanes of at least 4 members (excludes halogenated alkanes) is 26. The number of rotatable bonds is 48. The number of hydrogen-bond acceptors (Lipinski definition) is 7. The summed E-state index contributed by atoms with van der Waals surface area (Å²) in [4.78, 5) is 39.7. The average Bonchev–Trinajstić information content (AvgIpc) is 3.26. The summed E-state index contributed by atoms with van der Waals surface area (Å²) in [6.07, 6.45) is 53.6. The third-order valence-corrected chi connectivity index (χ3v) is 12.7. The highest BCUT2D eigenvalue weighted by molar-refractivity contribution is 7.45. The van der Waals surface area contributed by atoms with Crippen LogP contribution in [0, 0.1) is 0 Å². The first-order valence-corrected chi connectivity index (χ1v) is 28.4. The highest BCUT2D eigenvalue weighted by Crippen LogP contribution is 2.38. The molecule has 0 heterocycles. The third kappa shape index (κ3) is 46.9. The quantitative estimate of drug-likeness (QED) is 0.0212. The van der Waals surface area contributed by atoms with Crippen LogP contribution < -0.4 is 10.2 Å². The normalized spacial score (nSPS) is 14.3. The van der Waals surface area contributed by atoms with Gasteiger partial charge in [0.15, 0.2) is 0 Å². The number of esters is 1. The highest BCUT2D eigenvalue weighted by Gasteiger charge is 2.27. The van der Waals surface area contributed by atoms with E-state index in [0.717, 1.165) is 89.9 Å². The Balaban J connectivity index is 5.41. The number of quaternary nitrogens is 1. The summed E-state index contributed by atoms with van der Waals surface area (Å²) < 4.78 is 30.1. The van der Waals surface area contributed by atoms with Gasteiger partial charge in [0.1, 0.15) is 19.3 Å². The Morgan fingerprint density at radius 3 is 1.49 bits per heavy atom. The molecular formula is C55H103N2O7P. The Hall–Kier alpha value is -2.03. The first-order chi connectivity index (χ1) is 31.4. The van der Waals surface area contributed by atoms with Gasteiger partial charge in [-0.2, -0.15) is 0 Å². The lowest BCUT2D eigenvalue weighted by molar-refractivity contribution is -0.870. The number of carbonyl (C=O) groups excluding carboxylic acids is 2. The lowest BCUT2D eigenvalue weighted by Crippen LogP contribution is -2.47. The summed E-state index contributed by atoms with van der Waals surface area (Å²) in [5.74, 6) is -0.569. The number of hydrogen-bond donors (Lipinski definition) is 1. The number of nitrogens with one attached hydrogen (secondary N) is 1. The molecule has 0 aliphatic carbocycles. The van der Waals surface area contributed by atoms with Crippen molar-refractivity contribution in [1.82, 2.24) is 5.32 Å². The average molecular weight is 935 g/mol. The molecule has 0 rings (SSSR count). The molecule has 10 heteroatoms. The van der Waals surface area contributed by atoms with Gasteiger partial charge in [-0.1, -0.05) is 192 Å². The number of nitrogens with zero attached hydrogens (tertiary/aromatic N) is 1. The zero-order valence-electron chi connectivity index (χ0n) is 43.2. The topological polar surface area (TPSA) is 114 Å². The first-order valence-electron chi connectivity index (χ1n) is 26.9. The fraction of sp³-hybridized carbons (Fsp3) is 0.818. The van der Waals surface area contributed by atoms with Crippen molar-refractivity contribution in [2.45, 2.75) is 251 Å². The molecule has 9 nitrogen and oxygen atoms in total. The van der Waals surface area contributed by atoms with Crippen LogP contribution in [0.2, 0.25) is 0 Å². The van der Waals surface area contributed by atoms with Crippen LogP contribution in [0.25, 0.3) is 0 Å². The van der Waals surface area contributed by atoms with E-state index in [2.05, 4.69) is 62.5 Å². The van der Waals surface area contributed by atoms with Crippen LogP contribution in [-0.2, 0) is 27.9 Å². The Morgan fingerprint density at radius 2 is 0.985 bits per heavy atom. The second kappa shape index (κ2) is 45.7. The monoisotopic (exact) mass is 935 g/mol. The van der Waals surface area contributed by atoms with Crippen molar-refractivity contribution in [3.63, 3.8) is 0 Å². The third-order valence-electron chi connectivity index (χ3n) is 11.7. The van der Waals surface area contributed by atoms with Crippen molar-refractivity contribution in [3.8, 4) is 0 Å². The molecule has 0 aromatic carbocycles. The summed E-state index contributed by atoms with van der Waals surface area (Å²) in [6, 6.07) is -0.896. The number of carbonyl (C=O) groups is 2. The number of phosphoric acid groups is 1. The van der Waals surface area contributed by atoms with Crippen molar-refractivity contribution in [3.05, 3.63) is 48.6 Å². The molecule has 0 saturated heterocycles. The van der Waals surface area contributed by atoms with E-state index in [1.165, 1.54) is 109 Å². The lowest BCUT2D eigenvalue weighted by atomic mass is 10.1. The van der Waals surface area contributed by atoms with Gasteiger partial charge in [-0.3, -0.25) is 14.2 Å². The van der Waals surface area contributed by atoms with Crippen molar-refractivity contribution in [2.24, 2.45) is 0 Å². The zero-order valence-corrected chi connectivity index (χ0v) is 44.1. The lowest BCUT2D eigenvalue weighted by Gasteiger charge is -2.30. The van der Waals surface area contributed by atoms with Gasteiger partial charge in [0.05, 0.1) is 33.8 Å². The largest absolute Gasteiger partial charge is 0.756 e. The number of phosphoric ester groups is 1. The molecule has 3 unspecified atom stereocenters. The second-order valence-corrected chi connectivity index (χ2v) is 20.8. The van der Waals surface area contributed by atoms with Crippen LogP contribution in [0.5, 0.6) is 0 Å². The van der Waals surface area contributed by atoms with Crippen LogP contribution in [0.1, 0.15) is 239 Å². The molecule has 0 fully saturated rings. The van der Waals surface area contributed by atoms with Crippen molar-refractivity contribution >= 4 is 19.7 Å². The van der Waals surface area contributed by atoms with E-state index in [0.29, 0.717) is 23.9 Å². The molecule has 65 heavy (non-hydrogen) atoms. The Bertz CT molecular complexity index is 1260. The van der Waals surface area contributed by atoms with Gasteiger partial charge in [-0.15, -0.1) is 0 Å². The molecule has 0 spiro atoms. The minimum atomic E-state index is -4.69. The van der Waals surface area contributed by atoms with Crippen LogP contribution in [0.3, 0.4) is 0 Å². The van der Waals surface area contributed by atoms with Crippen molar-refractivity contribution < 1.29 is 37.3 Å². The molecule has 0 aromatic heterocycles. The predicted octanol–water partition coefficient (Wildman–Crippen LogP) is 15.1. The Kier molecular flexibility index (Phi) is 44.3. The van der Waals surface area contributed by atoms with E-state index in [9.17, 15) is 19.0 Å². The fourth-order valence-corrected chi connectivity index (χ4v) is 8.28. The van der Waals surface area contributed by atoms with E-state index >= 15 is 0 Å². The molecule has 0 saturated carbocycles. The molecule has 0 bridgehead atoms. The number of likely N-dealkylation sites (N-methyl/N-ethyl adjacent to an activating group) is 1. The Labute approximate surface area is 401 Å². The van der Waals surface area contributed by atoms with Gasteiger partial charge in [0.2, 0.25) is 5.91 Å². The maximum atomic E-state index is 13.4. The van der Waals surface area contributed by atoms with Crippen LogP contribution in [0.15, 0.2) is 48.6 Å². The standard InChI is InChI=1S/C55H103N2O7P/c1-7-10-13-16-19-22-25-27-29-32-35-38-41-44-47-54(58)56-52(51-63-65(60,61)62-50-49-57(4,5)6)53(46-43-40-37-34-31-24-21-18-15-12-9-3)64-55(59)48-45-42-39-36-33-30-28-26-23-20-17-14-11-8-2/h11,14,20,23,29,32,43,46,52-53H,7-10,12-13,15-19,21-22,24-28,30-31,33-42,44-45,47-51H2,1-6H3,(H-,56,58,60,61)/b14-11+,23-20+,32-29-,46-43+. The van der Waals surface area contributed by atoms with Crippen LogP contribution in [-0.4, -0.2) is 69.4 Å².